The molecule has 0 saturated carbocycles. The van der Waals surface area contributed by atoms with Crippen molar-refractivity contribution in [1.82, 2.24) is 10.3 Å². The van der Waals surface area contributed by atoms with Crippen molar-refractivity contribution in [3.8, 4) is 0 Å². The number of hydrogen-bond acceptors (Lipinski definition) is 3. The Hall–Kier alpha value is -2.20. The summed E-state index contributed by atoms with van der Waals surface area (Å²) in [6, 6.07) is 11.9. The Morgan fingerprint density at radius 3 is 2.57 bits per heavy atom. The largest absolute Gasteiger partial charge is 0.326 e. The van der Waals surface area contributed by atoms with E-state index in [1.165, 1.54) is 18.1 Å². The van der Waals surface area contributed by atoms with Gasteiger partial charge in [0.05, 0.1) is 5.69 Å². The van der Waals surface area contributed by atoms with Crippen molar-refractivity contribution in [1.29, 1.82) is 0 Å². The summed E-state index contributed by atoms with van der Waals surface area (Å²) in [5.74, 6) is -0.0527. The maximum Gasteiger partial charge on any atom is 0.221 e. The van der Waals surface area contributed by atoms with Crippen LogP contribution in [0.4, 0.5) is 5.69 Å². The second kappa shape index (κ2) is 7.55. The van der Waals surface area contributed by atoms with Crippen LogP contribution in [0.15, 0.2) is 42.6 Å². The number of rotatable bonds is 6. The standard InChI is InChI=1S/C17H21N3O/c1-3-15-5-4-10-19-17(15)12-18-11-14-6-8-16(9-7-14)20-13(2)21/h4-10,18H,3,11-12H2,1-2H3,(H,20,21). The summed E-state index contributed by atoms with van der Waals surface area (Å²) in [5.41, 5.74) is 4.39. The lowest BCUT2D eigenvalue weighted by atomic mass is 10.1. The zero-order valence-corrected chi connectivity index (χ0v) is 12.5. The molecule has 21 heavy (non-hydrogen) atoms. The highest BCUT2D eigenvalue weighted by atomic mass is 16.1. The van der Waals surface area contributed by atoms with E-state index in [-0.39, 0.29) is 5.91 Å². The van der Waals surface area contributed by atoms with Gasteiger partial charge in [-0.1, -0.05) is 25.1 Å². The lowest BCUT2D eigenvalue weighted by Crippen LogP contribution is -2.15. The molecule has 0 aliphatic rings. The third kappa shape index (κ3) is 4.68. The maximum absolute atomic E-state index is 11.0. The van der Waals surface area contributed by atoms with Gasteiger partial charge in [0.25, 0.3) is 0 Å². The molecule has 0 spiro atoms. The molecule has 2 N–H and O–H groups in total. The van der Waals surface area contributed by atoms with E-state index in [0.717, 1.165) is 30.9 Å². The second-order valence-corrected chi connectivity index (χ2v) is 4.94. The lowest BCUT2D eigenvalue weighted by Gasteiger charge is -2.09. The van der Waals surface area contributed by atoms with Crippen LogP contribution in [-0.4, -0.2) is 10.9 Å². The molecule has 110 valence electrons. The molecule has 0 fully saturated rings. The van der Waals surface area contributed by atoms with Crippen molar-refractivity contribution in [2.75, 3.05) is 5.32 Å². The first-order valence-electron chi connectivity index (χ1n) is 7.19. The van der Waals surface area contributed by atoms with Gasteiger partial charge in [0.1, 0.15) is 0 Å². The number of carbonyl (C=O) groups excluding carboxylic acids is 1. The summed E-state index contributed by atoms with van der Waals surface area (Å²) < 4.78 is 0. The Labute approximate surface area is 125 Å². The van der Waals surface area contributed by atoms with Gasteiger partial charge in [0, 0.05) is 31.9 Å². The monoisotopic (exact) mass is 283 g/mol. The summed E-state index contributed by atoms with van der Waals surface area (Å²) in [6.07, 6.45) is 2.83. The van der Waals surface area contributed by atoms with Gasteiger partial charge in [0.2, 0.25) is 5.91 Å². The second-order valence-electron chi connectivity index (χ2n) is 4.94. The summed E-state index contributed by atoms with van der Waals surface area (Å²) >= 11 is 0. The molecule has 0 saturated heterocycles. The minimum Gasteiger partial charge on any atom is -0.326 e. The molecule has 2 rings (SSSR count). The number of nitrogens with zero attached hydrogens (tertiary/aromatic N) is 1. The quantitative estimate of drug-likeness (QED) is 0.857. The van der Waals surface area contributed by atoms with Crippen molar-refractivity contribution >= 4 is 11.6 Å². The van der Waals surface area contributed by atoms with Crippen molar-refractivity contribution in [2.45, 2.75) is 33.4 Å². The number of nitrogens with one attached hydrogen (secondary N) is 2. The summed E-state index contributed by atoms with van der Waals surface area (Å²) in [5, 5.41) is 6.16. The molecular weight excluding hydrogens is 262 g/mol. The topological polar surface area (TPSA) is 54.0 Å². The number of aromatic nitrogens is 1. The number of pyridine rings is 1. The predicted molar refractivity (Wildman–Crippen MR) is 84.9 cm³/mol. The van der Waals surface area contributed by atoms with Crippen LogP contribution < -0.4 is 10.6 Å². The molecule has 0 aliphatic carbocycles. The molecule has 1 aromatic carbocycles. The minimum absolute atomic E-state index is 0.0527. The first-order valence-corrected chi connectivity index (χ1v) is 7.19. The number of carbonyl (C=O) groups is 1. The molecule has 2 aromatic rings. The summed E-state index contributed by atoms with van der Waals surface area (Å²) in [7, 11) is 0. The molecule has 4 nitrogen and oxygen atoms in total. The molecule has 1 amide bonds. The zero-order valence-electron chi connectivity index (χ0n) is 12.5. The van der Waals surface area contributed by atoms with Gasteiger partial charge < -0.3 is 10.6 Å². The van der Waals surface area contributed by atoms with E-state index >= 15 is 0 Å². The average molecular weight is 283 g/mol. The Morgan fingerprint density at radius 2 is 1.90 bits per heavy atom. The first kappa shape index (κ1) is 15.2. The predicted octanol–water partition coefficient (Wildman–Crippen LogP) is 2.89. The van der Waals surface area contributed by atoms with Crippen LogP contribution in [-0.2, 0) is 24.3 Å². The van der Waals surface area contributed by atoms with Crippen molar-refractivity contribution in [3.05, 3.63) is 59.4 Å². The van der Waals surface area contributed by atoms with Gasteiger partial charge in [0.15, 0.2) is 0 Å². The van der Waals surface area contributed by atoms with Crippen LogP contribution in [0.3, 0.4) is 0 Å². The fourth-order valence-corrected chi connectivity index (χ4v) is 2.19. The van der Waals surface area contributed by atoms with Crippen LogP contribution in [0, 0.1) is 0 Å². The zero-order chi connectivity index (χ0) is 15.1. The fourth-order valence-electron chi connectivity index (χ4n) is 2.19. The van der Waals surface area contributed by atoms with Gasteiger partial charge in [-0.05, 0) is 35.7 Å². The Morgan fingerprint density at radius 1 is 1.14 bits per heavy atom. The van der Waals surface area contributed by atoms with E-state index in [1.807, 2.05) is 36.5 Å². The van der Waals surface area contributed by atoms with E-state index in [1.54, 1.807) is 0 Å². The summed E-state index contributed by atoms with van der Waals surface area (Å²) in [6.45, 7) is 5.19. The Bertz CT molecular complexity index is 593. The number of aryl methyl sites for hydroxylation is 1. The Balaban J connectivity index is 1.87. The molecule has 0 unspecified atom stereocenters. The third-order valence-corrected chi connectivity index (χ3v) is 3.26. The van der Waals surface area contributed by atoms with Crippen molar-refractivity contribution in [3.63, 3.8) is 0 Å². The van der Waals surface area contributed by atoms with Gasteiger partial charge in [-0.3, -0.25) is 9.78 Å². The van der Waals surface area contributed by atoms with E-state index < -0.39 is 0 Å². The third-order valence-electron chi connectivity index (χ3n) is 3.26. The molecule has 0 atom stereocenters. The number of amides is 1. The normalized spacial score (nSPS) is 10.4. The van der Waals surface area contributed by atoms with Gasteiger partial charge in [-0.25, -0.2) is 0 Å². The fraction of sp³-hybridized carbons (Fsp3) is 0.294. The highest BCUT2D eigenvalue weighted by Crippen LogP contribution is 2.10. The highest BCUT2D eigenvalue weighted by Gasteiger charge is 2.01. The first-order chi connectivity index (χ1) is 10.2. The molecule has 1 aromatic heterocycles. The smallest absolute Gasteiger partial charge is 0.221 e. The van der Waals surface area contributed by atoms with Crippen LogP contribution in [0.5, 0.6) is 0 Å². The van der Waals surface area contributed by atoms with Gasteiger partial charge in [-0.15, -0.1) is 0 Å². The number of anilines is 1. The average Bonchev–Trinajstić information content (AvgIpc) is 2.49. The van der Waals surface area contributed by atoms with Crippen LogP contribution >= 0.6 is 0 Å². The van der Waals surface area contributed by atoms with Crippen LogP contribution in [0.2, 0.25) is 0 Å². The van der Waals surface area contributed by atoms with Crippen molar-refractivity contribution in [2.24, 2.45) is 0 Å². The van der Waals surface area contributed by atoms with Crippen LogP contribution in [0.25, 0.3) is 0 Å². The highest BCUT2D eigenvalue weighted by molar-refractivity contribution is 5.88. The van der Waals surface area contributed by atoms with Crippen molar-refractivity contribution < 1.29 is 4.79 Å². The lowest BCUT2D eigenvalue weighted by molar-refractivity contribution is -0.114. The van der Waals surface area contributed by atoms with Crippen LogP contribution in [0.1, 0.15) is 30.7 Å². The number of benzene rings is 1. The Kier molecular flexibility index (Phi) is 5.46. The molecule has 1 heterocycles. The molecule has 0 bridgehead atoms. The van der Waals surface area contributed by atoms with Gasteiger partial charge >= 0.3 is 0 Å². The van der Waals surface area contributed by atoms with E-state index in [9.17, 15) is 4.79 Å². The summed E-state index contributed by atoms with van der Waals surface area (Å²) in [4.78, 5) is 15.4. The SMILES string of the molecule is CCc1cccnc1CNCc1ccc(NC(C)=O)cc1. The molecule has 0 radical (unpaired) electrons. The molecule has 4 heteroatoms. The van der Waals surface area contributed by atoms with E-state index in [0.29, 0.717) is 0 Å². The number of hydrogen-bond donors (Lipinski definition) is 2. The molecular formula is C17H21N3O. The maximum atomic E-state index is 11.0. The van der Waals surface area contributed by atoms with Gasteiger partial charge in [-0.2, -0.15) is 0 Å². The van der Waals surface area contributed by atoms with E-state index in [4.69, 9.17) is 0 Å². The van der Waals surface area contributed by atoms with E-state index in [2.05, 4.69) is 28.6 Å². The minimum atomic E-state index is -0.0527. The molecule has 0 aliphatic heterocycles.